The number of benzene rings is 7. The zero-order valence-electron chi connectivity index (χ0n) is 64.3. The van der Waals surface area contributed by atoms with Crippen molar-refractivity contribution in [1.82, 2.24) is 19.1 Å². The van der Waals surface area contributed by atoms with Crippen LogP contribution in [0.4, 0.5) is 0 Å². The molecule has 0 amide bonds. The smallest absolute Gasteiger partial charge is 0.137 e. The van der Waals surface area contributed by atoms with Crippen LogP contribution in [0, 0.1) is 23.2 Å². The summed E-state index contributed by atoms with van der Waals surface area (Å²) >= 11 is 1.71. The lowest BCUT2D eigenvalue weighted by molar-refractivity contribution is 0.469. The second-order valence-electron chi connectivity index (χ2n) is 34.0. The molecule has 7 aromatic carbocycles. The quantitative estimate of drug-likeness (QED) is 0.164. The molecule has 1 aliphatic heterocycles. The van der Waals surface area contributed by atoms with Crippen molar-refractivity contribution in [3.8, 4) is 0 Å². The van der Waals surface area contributed by atoms with Crippen molar-refractivity contribution in [3.63, 3.8) is 0 Å². The van der Waals surface area contributed by atoms with E-state index in [9.17, 15) is 0 Å². The van der Waals surface area contributed by atoms with Gasteiger partial charge in [-0.25, -0.2) is 4.98 Å². The lowest BCUT2D eigenvalue weighted by Crippen LogP contribution is -2.32. The summed E-state index contributed by atoms with van der Waals surface area (Å²) in [5.74, 6) is 0. The minimum absolute atomic E-state index is 0. The van der Waals surface area contributed by atoms with Gasteiger partial charge in [-0.2, -0.15) is 0 Å². The van der Waals surface area contributed by atoms with Gasteiger partial charge in [-0.05, 0) is 150 Å². The molecule has 0 unspecified atom stereocenters. The van der Waals surface area contributed by atoms with E-state index in [2.05, 4.69) is 356 Å². The van der Waals surface area contributed by atoms with Gasteiger partial charge >= 0.3 is 0 Å². The van der Waals surface area contributed by atoms with Gasteiger partial charge in [0.05, 0.1) is 39.0 Å². The molecule has 0 saturated heterocycles. The zero-order valence-corrected chi connectivity index (χ0v) is 65.1. The Kier molecular flexibility index (Phi) is 31.5. The summed E-state index contributed by atoms with van der Waals surface area (Å²) in [6.07, 6.45) is 9.61. The first-order valence-corrected chi connectivity index (χ1v) is 35.1. The molecule has 0 saturated carbocycles. The van der Waals surface area contributed by atoms with E-state index < -0.39 is 0 Å². The molecule has 7 heterocycles. The van der Waals surface area contributed by atoms with Crippen LogP contribution >= 0.6 is 11.3 Å². The van der Waals surface area contributed by atoms with Crippen molar-refractivity contribution in [3.05, 3.63) is 245 Å². The summed E-state index contributed by atoms with van der Waals surface area (Å²) in [5, 5.41) is 8.43. The highest BCUT2D eigenvalue weighted by Crippen LogP contribution is 2.33. The Morgan fingerprint density at radius 1 is 0.414 bits per heavy atom. The highest BCUT2D eigenvalue weighted by molar-refractivity contribution is 7.16. The van der Waals surface area contributed by atoms with Gasteiger partial charge in [-0.15, -0.1) is 11.3 Å². The Labute approximate surface area is 602 Å². The third-order valence-electron chi connectivity index (χ3n) is 14.3. The highest BCUT2D eigenvalue weighted by atomic mass is 32.1. The second-order valence-corrected chi connectivity index (χ2v) is 34.9. The number of rotatable bonds is 0. The molecule has 0 atom stereocenters. The summed E-state index contributed by atoms with van der Waals surface area (Å²) in [7, 11) is 4.12. The van der Waals surface area contributed by atoms with Gasteiger partial charge in [0.15, 0.2) is 0 Å². The van der Waals surface area contributed by atoms with Crippen molar-refractivity contribution in [1.29, 1.82) is 0 Å². The third-order valence-corrected chi connectivity index (χ3v) is 15.1. The van der Waals surface area contributed by atoms with Gasteiger partial charge in [0, 0.05) is 65.6 Å². The van der Waals surface area contributed by atoms with Crippen molar-refractivity contribution in [2.45, 2.75) is 210 Å². The standard InChI is InChI=1S/C13H16O.C12H15N.C11H14N2.C11H13NS.2C9H9N.C8H6O.3C5H12.2CH4/c1-9-7-10-5-6-14-12(10)11(8-9)13(2,3)4;1-12(2,3)10-6-4-5-9-7-8-13-11(9)10;1-11(2,3)8-5-4-6-9-10(8)13-7-12-9;1-11(2,3)8-5-4-6-9-10(8)12-7-13-9;2*1-10-7-6-8-4-2-3-5-9(8)10;1-2-4-8-7(3-1)5-6-9-8;3*1-5(2,3)4;;/h5-8H,1-4H3;4-8,13H,1-3H3;4-6H,7H2,1-3H3;4-7H,1-3H3;2*2-7H,1H3;1-6H;3*1-4H3;2*1H4. The number of aromatic amines is 1. The van der Waals surface area contributed by atoms with Crippen LogP contribution in [0.25, 0.3) is 64.9 Å². The highest BCUT2D eigenvalue weighted by Gasteiger charge is 2.21. The molecule has 1 aliphatic rings. The van der Waals surface area contributed by atoms with E-state index in [4.69, 9.17) is 8.83 Å². The monoisotopic (exact) mass is 1350 g/mol. The maximum atomic E-state index is 5.53. The van der Waals surface area contributed by atoms with Crippen LogP contribution in [0.3, 0.4) is 0 Å². The van der Waals surface area contributed by atoms with E-state index in [1.165, 1.54) is 76.1 Å². The molecule has 0 fully saturated rings. The molecule has 1 N–H and O–H groups in total. The van der Waals surface area contributed by atoms with Crippen LogP contribution in [0.15, 0.2) is 225 Å². The predicted octanol–water partition coefficient (Wildman–Crippen LogP) is 26.5. The van der Waals surface area contributed by atoms with Gasteiger partial charge in [0.1, 0.15) is 17.8 Å². The maximum absolute atomic E-state index is 5.53. The molecule has 0 spiro atoms. The van der Waals surface area contributed by atoms with Crippen molar-refractivity contribution in [2.24, 2.45) is 40.3 Å². The normalized spacial score (nSPS) is 11.7. The molecule has 0 bridgehead atoms. The molecule has 8 nitrogen and oxygen atoms in total. The molecule has 6 aromatic heterocycles. The fraction of sp³-hybridized carbons (Fsp3) is 0.411. The van der Waals surface area contributed by atoms with Gasteiger partial charge < -0.3 is 23.0 Å². The largest absolute Gasteiger partial charge is 0.464 e. The predicted molar refractivity (Wildman–Crippen MR) is 438 cm³/mol. The number of thiazole rings is 1. The fourth-order valence-electron chi connectivity index (χ4n) is 9.95. The number of aryl methyl sites for hydroxylation is 3. The number of fused-ring (bicyclic) bond motifs is 7. The first-order chi connectivity index (χ1) is 45.0. The molecule has 13 aromatic rings. The molecule has 0 radical (unpaired) electrons. The molecule has 9 heteroatoms. The number of H-pyrrole nitrogens is 1. The van der Waals surface area contributed by atoms with Crippen LogP contribution in [-0.2, 0) is 35.8 Å². The topological polar surface area (TPSA) is 89.5 Å². The number of nitrogens with one attached hydrogen (secondary N) is 1. The average molecular weight is 1360 g/mol. The van der Waals surface area contributed by atoms with Crippen LogP contribution in [0.5, 0.6) is 0 Å². The second kappa shape index (κ2) is 36.7. The summed E-state index contributed by atoms with van der Waals surface area (Å²) in [4.78, 5) is 16.4. The number of hydrogen-bond donors (Lipinski definition) is 1. The SMILES string of the molecule is C.C.CC(C)(C)C.CC(C)(C)C.CC(C)(C)C.CC(C)(C)c1cccc2c1=NCN=2.CC(C)(C)c1cccc2cc[nH]c12.CC(C)(C)c1cccc2scnc12.Cc1cc(C(C)(C)C)c2occc2c1.Cn1ccc2ccccc21.Cn1ccc2ccccc21.c1ccc2occc2c1. The fourth-order valence-corrected chi connectivity index (χ4v) is 10.7. The van der Waals surface area contributed by atoms with E-state index in [1.54, 1.807) is 23.9 Å². The minimum Gasteiger partial charge on any atom is -0.464 e. The minimum atomic E-state index is 0. The lowest BCUT2D eigenvalue weighted by atomic mass is 9.85. The van der Waals surface area contributed by atoms with E-state index in [0.29, 0.717) is 22.9 Å². The van der Waals surface area contributed by atoms with Gasteiger partial charge in [-0.1, -0.05) is 284 Å². The first-order valence-electron chi connectivity index (χ1n) is 34.3. The maximum Gasteiger partial charge on any atom is 0.137 e. The van der Waals surface area contributed by atoms with E-state index >= 15 is 0 Å². The van der Waals surface area contributed by atoms with Crippen molar-refractivity contribution < 1.29 is 8.83 Å². The van der Waals surface area contributed by atoms with Gasteiger partial charge in [0.25, 0.3) is 0 Å². The van der Waals surface area contributed by atoms with Crippen molar-refractivity contribution in [2.75, 3.05) is 6.67 Å². The lowest BCUT2D eigenvalue weighted by Gasteiger charge is -2.19. The number of aromatic nitrogens is 4. The van der Waals surface area contributed by atoms with E-state index in [-0.39, 0.29) is 36.5 Å². The molecule has 0 aliphatic carbocycles. The zero-order chi connectivity index (χ0) is 72.3. The molecule has 99 heavy (non-hydrogen) atoms. The third kappa shape index (κ3) is 28.8. The van der Waals surface area contributed by atoms with Gasteiger partial charge in [-0.3, -0.25) is 9.98 Å². The Hall–Kier alpha value is -8.27. The van der Waals surface area contributed by atoms with E-state index in [0.717, 1.165) is 27.3 Å². The van der Waals surface area contributed by atoms with Gasteiger partial charge in [0.2, 0.25) is 0 Å². The number of furan rings is 2. The van der Waals surface area contributed by atoms with Crippen LogP contribution < -0.4 is 10.7 Å². The first kappa shape index (κ1) is 85.0. The Bertz CT molecular complexity index is 4390. The Balaban J connectivity index is 0.000000291. The molecule has 14 rings (SSSR count). The summed E-state index contributed by atoms with van der Waals surface area (Å²) in [6, 6.07) is 58.5. The summed E-state index contributed by atoms with van der Waals surface area (Å²) < 4.78 is 16.2. The Morgan fingerprint density at radius 3 is 1.37 bits per heavy atom. The van der Waals surface area contributed by atoms with Crippen LogP contribution in [-0.4, -0.2) is 25.8 Å². The summed E-state index contributed by atoms with van der Waals surface area (Å²) in [5.41, 5.74) is 17.7. The molecular weight excluding hydrogens is 1230 g/mol. The van der Waals surface area contributed by atoms with Crippen molar-refractivity contribution >= 4 is 76.2 Å². The molecular formula is C90H126N6O2S. The molecule has 534 valence electrons. The van der Waals surface area contributed by atoms with Crippen LogP contribution in [0.2, 0.25) is 0 Å². The van der Waals surface area contributed by atoms with Crippen LogP contribution in [0.1, 0.15) is 209 Å². The average Bonchev–Trinajstić information content (AvgIpc) is 1.78. The number of nitrogens with zero attached hydrogens (tertiary/aromatic N) is 5. The Morgan fingerprint density at radius 2 is 0.859 bits per heavy atom. The number of para-hydroxylation sites is 6. The van der Waals surface area contributed by atoms with E-state index in [1.807, 2.05) is 54.2 Å². The summed E-state index contributed by atoms with van der Waals surface area (Å²) in [6.45, 7) is 55.6. The number of hydrogen-bond acceptors (Lipinski definition) is 6.